The van der Waals surface area contributed by atoms with E-state index in [0.29, 0.717) is 0 Å². The first-order valence-electron chi connectivity index (χ1n) is 6.47. The zero-order chi connectivity index (χ0) is 14.9. The molecule has 20 heavy (non-hydrogen) atoms. The number of ether oxygens (including phenoxy) is 1. The number of benzene rings is 1. The predicted molar refractivity (Wildman–Crippen MR) is 85.9 cm³/mol. The molecule has 0 saturated carbocycles. The van der Waals surface area contributed by atoms with E-state index in [2.05, 4.69) is 47.1 Å². The van der Waals surface area contributed by atoms with Crippen LogP contribution in [-0.2, 0) is 12.5 Å². The quantitative estimate of drug-likeness (QED) is 0.910. The summed E-state index contributed by atoms with van der Waals surface area (Å²) in [4.78, 5) is 0. The third-order valence-corrected chi connectivity index (χ3v) is 3.80. The van der Waals surface area contributed by atoms with Crippen LogP contribution in [0.25, 0.3) is 0 Å². The summed E-state index contributed by atoms with van der Waals surface area (Å²) in [5.74, 6) is 1.79. The van der Waals surface area contributed by atoms with Crippen LogP contribution < -0.4 is 10.1 Å². The minimum Gasteiger partial charge on any atom is -0.497 e. The minimum atomic E-state index is -0.00354. The highest BCUT2D eigenvalue weighted by molar-refractivity contribution is 9.10. The van der Waals surface area contributed by atoms with Crippen LogP contribution in [-0.4, -0.2) is 16.9 Å². The lowest BCUT2D eigenvalue weighted by atomic mass is 9.92. The largest absolute Gasteiger partial charge is 0.497 e. The van der Waals surface area contributed by atoms with E-state index in [1.54, 1.807) is 7.11 Å². The smallest absolute Gasteiger partial charge is 0.143 e. The van der Waals surface area contributed by atoms with Crippen molar-refractivity contribution < 1.29 is 4.74 Å². The van der Waals surface area contributed by atoms with Crippen molar-refractivity contribution >= 4 is 27.4 Å². The van der Waals surface area contributed by atoms with Crippen LogP contribution in [0.3, 0.4) is 0 Å². The molecule has 108 valence electrons. The monoisotopic (exact) mass is 337 g/mol. The molecular weight excluding hydrogens is 318 g/mol. The van der Waals surface area contributed by atoms with Crippen molar-refractivity contribution in [3.8, 4) is 5.75 Å². The van der Waals surface area contributed by atoms with Crippen molar-refractivity contribution in [1.29, 1.82) is 0 Å². The fraction of sp³-hybridized carbons (Fsp3) is 0.400. The fourth-order valence-electron chi connectivity index (χ4n) is 1.92. The molecular formula is C15H20BrN3O. The molecule has 2 rings (SSSR count). The van der Waals surface area contributed by atoms with Gasteiger partial charge in [-0.3, -0.25) is 4.68 Å². The Labute approximate surface area is 128 Å². The zero-order valence-corrected chi connectivity index (χ0v) is 14.1. The molecule has 0 fully saturated rings. The average Bonchev–Trinajstić information content (AvgIpc) is 2.67. The van der Waals surface area contributed by atoms with E-state index in [1.165, 1.54) is 0 Å². The van der Waals surface area contributed by atoms with Crippen molar-refractivity contribution in [2.24, 2.45) is 7.05 Å². The molecule has 5 heteroatoms. The van der Waals surface area contributed by atoms with E-state index >= 15 is 0 Å². The van der Waals surface area contributed by atoms with Gasteiger partial charge < -0.3 is 10.1 Å². The van der Waals surface area contributed by atoms with Gasteiger partial charge >= 0.3 is 0 Å². The van der Waals surface area contributed by atoms with Crippen LogP contribution >= 0.6 is 15.9 Å². The second kappa shape index (κ2) is 5.48. The Hall–Kier alpha value is -1.49. The summed E-state index contributed by atoms with van der Waals surface area (Å²) in [6.45, 7) is 6.45. The van der Waals surface area contributed by atoms with Gasteiger partial charge in [0, 0.05) is 18.2 Å². The molecule has 0 bridgehead atoms. The summed E-state index contributed by atoms with van der Waals surface area (Å²) in [5, 5.41) is 7.98. The Morgan fingerprint density at radius 1 is 1.20 bits per heavy atom. The lowest BCUT2D eigenvalue weighted by Crippen LogP contribution is -2.13. The normalized spacial score (nSPS) is 11.5. The van der Waals surface area contributed by atoms with E-state index in [1.807, 2.05) is 36.0 Å². The van der Waals surface area contributed by atoms with E-state index in [-0.39, 0.29) is 5.41 Å². The second-order valence-corrected chi connectivity index (χ2v) is 6.53. The van der Waals surface area contributed by atoms with Gasteiger partial charge in [-0.05, 0) is 40.2 Å². The Morgan fingerprint density at radius 3 is 2.25 bits per heavy atom. The molecule has 0 saturated heterocycles. The molecule has 0 amide bonds. The number of anilines is 2. The standard InChI is InChI=1S/C15H20BrN3O/c1-15(2,3)13-12(16)14(19(4)18-13)17-10-6-8-11(20-5)9-7-10/h6-9,17H,1-5H3. The van der Waals surface area contributed by atoms with Gasteiger partial charge in [-0.15, -0.1) is 0 Å². The zero-order valence-electron chi connectivity index (χ0n) is 12.5. The maximum absolute atomic E-state index is 5.16. The number of halogens is 1. The number of rotatable bonds is 3. The average molecular weight is 338 g/mol. The van der Waals surface area contributed by atoms with E-state index in [0.717, 1.165) is 27.4 Å². The molecule has 1 aromatic carbocycles. The summed E-state index contributed by atoms with van der Waals surface area (Å²) in [5.41, 5.74) is 2.03. The molecule has 1 aromatic heterocycles. The van der Waals surface area contributed by atoms with Gasteiger partial charge in [-0.2, -0.15) is 5.10 Å². The number of aromatic nitrogens is 2. The summed E-state index contributed by atoms with van der Waals surface area (Å²) in [6.07, 6.45) is 0. The number of nitrogens with zero attached hydrogens (tertiary/aromatic N) is 2. The Balaban J connectivity index is 2.31. The molecule has 1 heterocycles. The first-order chi connectivity index (χ1) is 9.32. The fourth-order valence-corrected chi connectivity index (χ4v) is 2.95. The number of aryl methyl sites for hydroxylation is 1. The van der Waals surface area contributed by atoms with Gasteiger partial charge in [-0.25, -0.2) is 0 Å². The predicted octanol–water partition coefficient (Wildman–Crippen LogP) is 4.23. The third kappa shape index (κ3) is 2.98. The number of nitrogens with one attached hydrogen (secondary N) is 1. The van der Waals surface area contributed by atoms with Crippen LogP contribution in [0.5, 0.6) is 5.75 Å². The van der Waals surface area contributed by atoms with Gasteiger partial charge in [0.15, 0.2) is 0 Å². The SMILES string of the molecule is COc1ccc(Nc2c(Br)c(C(C)(C)C)nn2C)cc1. The van der Waals surface area contributed by atoms with Crippen LogP contribution in [0.4, 0.5) is 11.5 Å². The van der Waals surface area contributed by atoms with Crippen molar-refractivity contribution in [3.63, 3.8) is 0 Å². The number of hydrogen-bond acceptors (Lipinski definition) is 3. The summed E-state index contributed by atoms with van der Waals surface area (Å²) in [6, 6.07) is 7.82. The summed E-state index contributed by atoms with van der Waals surface area (Å²) < 4.78 is 8.02. The molecule has 0 spiro atoms. The topological polar surface area (TPSA) is 39.1 Å². The molecule has 0 aliphatic heterocycles. The molecule has 4 nitrogen and oxygen atoms in total. The first-order valence-corrected chi connectivity index (χ1v) is 7.26. The first kappa shape index (κ1) is 14.9. The summed E-state index contributed by atoms with van der Waals surface area (Å²) >= 11 is 3.65. The molecule has 0 radical (unpaired) electrons. The lowest BCUT2D eigenvalue weighted by Gasteiger charge is -2.15. The highest BCUT2D eigenvalue weighted by Gasteiger charge is 2.24. The maximum Gasteiger partial charge on any atom is 0.143 e. The van der Waals surface area contributed by atoms with Crippen LogP contribution in [0, 0.1) is 0 Å². The second-order valence-electron chi connectivity index (χ2n) is 5.74. The number of hydrogen-bond donors (Lipinski definition) is 1. The van der Waals surface area contributed by atoms with Crippen LogP contribution in [0.2, 0.25) is 0 Å². The highest BCUT2D eigenvalue weighted by Crippen LogP contribution is 2.35. The maximum atomic E-state index is 5.16. The van der Waals surface area contributed by atoms with E-state index in [4.69, 9.17) is 4.74 Å². The van der Waals surface area contributed by atoms with Crippen LogP contribution in [0.1, 0.15) is 26.5 Å². The molecule has 0 aliphatic rings. The molecule has 0 atom stereocenters. The van der Waals surface area contributed by atoms with Gasteiger partial charge in [0.05, 0.1) is 17.3 Å². The molecule has 0 unspecified atom stereocenters. The molecule has 0 aliphatic carbocycles. The van der Waals surface area contributed by atoms with Gasteiger partial charge in [-0.1, -0.05) is 20.8 Å². The highest BCUT2D eigenvalue weighted by atomic mass is 79.9. The van der Waals surface area contributed by atoms with Gasteiger partial charge in [0.1, 0.15) is 11.6 Å². The molecule has 1 N–H and O–H groups in total. The van der Waals surface area contributed by atoms with Crippen molar-refractivity contribution in [2.45, 2.75) is 26.2 Å². The van der Waals surface area contributed by atoms with E-state index < -0.39 is 0 Å². The molecule has 2 aromatic rings. The Kier molecular flexibility index (Phi) is 4.09. The Bertz CT molecular complexity index is 597. The van der Waals surface area contributed by atoms with E-state index in [9.17, 15) is 0 Å². The number of methoxy groups -OCH3 is 1. The lowest BCUT2D eigenvalue weighted by molar-refractivity contribution is 0.415. The van der Waals surface area contributed by atoms with Crippen molar-refractivity contribution in [3.05, 3.63) is 34.4 Å². The Morgan fingerprint density at radius 2 is 1.80 bits per heavy atom. The van der Waals surface area contributed by atoms with Crippen molar-refractivity contribution in [2.75, 3.05) is 12.4 Å². The van der Waals surface area contributed by atoms with Crippen molar-refractivity contribution in [1.82, 2.24) is 9.78 Å². The third-order valence-electron chi connectivity index (χ3n) is 3.05. The van der Waals surface area contributed by atoms with Crippen LogP contribution in [0.15, 0.2) is 28.7 Å². The van der Waals surface area contributed by atoms with Gasteiger partial charge in [0.25, 0.3) is 0 Å². The minimum absolute atomic E-state index is 0.00354. The summed E-state index contributed by atoms with van der Waals surface area (Å²) in [7, 11) is 3.60. The van der Waals surface area contributed by atoms with Gasteiger partial charge in [0.2, 0.25) is 0 Å².